The first-order valence-corrected chi connectivity index (χ1v) is 5.03. The first kappa shape index (κ1) is 12.8. The second kappa shape index (κ2) is 5.21. The molecule has 2 aromatic carbocycles. The Morgan fingerprint density at radius 2 is 1.65 bits per heavy atom. The molecule has 90 valence electrons. The fourth-order valence-corrected chi connectivity index (χ4v) is 1.45. The van der Waals surface area contributed by atoms with Crippen molar-refractivity contribution >= 4 is 16.7 Å². The highest BCUT2D eigenvalue weighted by atomic mass is 16.4. The number of phenolic OH excluding ortho intramolecular Hbond substituents is 2. The van der Waals surface area contributed by atoms with E-state index in [4.69, 9.17) is 9.90 Å². The van der Waals surface area contributed by atoms with Crippen molar-refractivity contribution in [3.05, 3.63) is 35.9 Å². The van der Waals surface area contributed by atoms with E-state index in [1.807, 2.05) is 24.3 Å². The van der Waals surface area contributed by atoms with E-state index in [9.17, 15) is 10.2 Å². The van der Waals surface area contributed by atoms with Gasteiger partial charge in [-0.1, -0.05) is 24.3 Å². The van der Waals surface area contributed by atoms with Gasteiger partial charge in [-0.2, -0.15) is 0 Å². The zero-order valence-corrected chi connectivity index (χ0v) is 9.64. The molecule has 0 unspecified atom stereocenters. The molecule has 0 saturated heterocycles. The van der Waals surface area contributed by atoms with Crippen molar-refractivity contribution in [1.82, 2.24) is 0 Å². The van der Waals surface area contributed by atoms with Crippen molar-refractivity contribution in [3.63, 3.8) is 0 Å². The van der Waals surface area contributed by atoms with Gasteiger partial charge in [0.05, 0.1) is 0 Å². The number of aliphatic carboxylic acids is 1. The average Bonchev–Trinajstić information content (AvgIpc) is 2.25. The lowest BCUT2D eigenvalue weighted by Gasteiger charge is -2.05. The molecule has 0 aliphatic carbocycles. The van der Waals surface area contributed by atoms with E-state index in [1.54, 1.807) is 13.0 Å². The summed E-state index contributed by atoms with van der Waals surface area (Å²) in [5.41, 5.74) is 0.691. The van der Waals surface area contributed by atoms with Crippen molar-refractivity contribution in [3.8, 4) is 11.5 Å². The molecule has 0 amide bonds. The Labute approximate surface area is 98.8 Å². The first-order chi connectivity index (χ1) is 7.93. The third-order valence-corrected chi connectivity index (χ3v) is 2.19. The van der Waals surface area contributed by atoms with Crippen LogP contribution in [0.15, 0.2) is 30.3 Å². The zero-order chi connectivity index (χ0) is 13.0. The van der Waals surface area contributed by atoms with Gasteiger partial charge in [-0.25, -0.2) is 0 Å². The quantitative estimate of drug-likeness (QED) is 0.612. The fourth-order valence-electron chi connectivity index (χ4n) is 1.45. The van der Waals surface area contributed by atoms with Gasteiger partial charge < -0.3 is 15.3 Å². The summed E-state index contributed by atoms with van der Waals surface area (Å²) >= 11 is 0. The number of carbonyl (C=O) groups is 1. The lowest BCUT2D eigenvalue weighted by atomic mass is 10.1. The van der Waals surface area contributed by atoms with Crippen LogP contribution in [0.4, 0.5) is 0 Å². The van der Waals surface area contributed by atoms with Crippen LogP contribution >= 0.6 is 0 Å². The van der Waals surface area contributed by atoms with Crippen LogP contribution in [0.5, 0.6) is 11.5 Å². The van der Waals surface area contributed by atoms with Gasteiger partial charge in [0.1, 0.15) is 0 Å². The molecule has 0 heterocycles. The topological polar surface area (TPSA) is 77.8 Å². The van der Waals surface area contributed by atoms with E-state index < -0.39 is 5.97 Å². The van der Waals surface area contributed by atoms with Crippen LogP contribution in [0.3, 0.4) is 0 Å². The van der Waals surface area contributed by atoms with Crippen molar-refractivity contribution in [1.29, 1.82) is 0 Å². The maximum Gasteiger partial charge on any atom is 0.300 e. The molecule has 0 atom stereocenters. The molecule has 0 radical (unpaired) electrons. The fraction of sp³-hybridized carbons (Fsp3) is 0.154. The second-order valence-electron chi connectivity index (χ2n) is 3.63. The summed E-state index contributed by atoms with van der Waals surface area (Å²) in [6.07, 6.45) is 0. The summed E-state index contributed by atoms with van der Waals surface area (Å²) in [6.45, 7) is 2.85. The summed E-state index contributed by atoms with van der Waals surface area (Å²) in [5, 5.41) is 28.1. The SMILES string of the molecule is CC(=O)O.Cc1cc2ccccc2c(O)c1O. The Balaban J connectivity index is 0.000000317. The lowest BCUT2D eigenvalue weighted by Crippen LogP contribution is -1.79. The summed E-state index contributed by atoms with van der Waals surface area (Å²) in [6, 6.07) is 9.27. The number of hydrogen-bond donors (Lipinski definition) is 3. The minimum absolute atomic E-state index is 0.0290. The highest BCUT2D eigenvalue weighted by molar-refractivity contribution is 5.91. The Morgan fingerprint density at radius 1 is 1.12 bits per heavy atom. The highest BCUT2D eigenvalue weighted by Crippen LogP contribution is 2.36. The predicted octanol–water partition coefficient (Wildman–Crippen LogP) is 2.65. The molecule has 0 fully saturated rings. The summed E-state index contributed by atoms with van der Waals surface area (Å²) in [7, 11) is 0. The molecule has 0 spiro atoms. The Morgan fingerprint density at radius 3 is 2.24 bits per heavy atom. The van der Waals surface area contributed by atoms with Crippen LogP contribution in [0.1, 0.15) is 12.5 Å². The number of carboxylic acids is 1. The number of hydrogen-bond acceptors (Lipinski definition) is 3. The standard InChI is InChI=1S/C11H10O2.C2H4O2/c1-7-6-8-4-2-3-5-9(8)11(13)10(7)12;1-2(3)4/h2-6,12-13H,1H3;1H3,(H,3,4). The largest absolute Gasteiger partial charge is 0.504 e. The molecule has 4 nitrogen and oxygen atoms in total. The molecule has 2 rings (SSSR count). The number of aryl methyl sites for hydroxylation is 1. The van der Waals surface area contributed by atoms with E-state index in [0.717, 1.165) is 12.3 Å². The summed E-state index contributed by atoms with van der Waals surface area (Å²) < 4.78 is 0. The van der Waals surface area contributed by atoms with Gasteiger partial charge in [-0.3, -0.25) is 4.79 Å². The van der Waals surface area contributed by atoms with E-state index in [1.165, 1.54) is 0 Å². The number of carboxylic acid groups (broad SMARTS) is 1. The Bertz CT molecular complexity index is 542. The summed E-state index contributed by atoms with van der Waals surface area (Å²) in [4.78, 5) is 9.00. The molecule has 4 heteroatoms. The van der Waals surface area contributed by atoms with Crippen molar-refractivity contribution < 1.29 is 20.1 Å². The average molecular weight is 234 g/mol. The highest BCUT2D eigenvalue weighted by Gasteiger charge is 2.07. The molecular formula is C13H14O4. The molecule has 2 aromatic rings. The van der Waals surface area contributed by atoms with Crippen LogP contribution in [0, 0.1) is 6.92 Å². The molecule has 17 heavy (non-hydrogen) atoms. The number of aromatic hydroxyl groups is 2. The monoisotopic (exact) mass is 234 g/mol. The van der Waals surface area contributed by atoms with Crippen LogP contribution < -0.4 is 0 Å². The third-order valence-electron chi connectivity index (χ3n) is 2.19. The van der Waals surface area contributed by atoms with Crippen molar-refractivity contribution in [2.75, 3.05) is 0 Å². The predicted molar refractivity (Wildman–Crippen MR) is 65.3 cm³/mol. The second-order valence-corrected chi connectivity index (χ2v) is 3.63. The molecule has 0 bridgehead atoms. The molecule has 0 aliphatic rings. The van der Waals surface area contributed by atoms with E-state index in [-0.39, 0.29) is 11.5 Å². The van der Waals surface area contributed by atoms with Gasteiger partial charge in [0, 0.05) is 12.3 Å². The van der Waals surface area contributed by atoms with Gasteiger partial charge in [0.2, 0.25) is 0 Å². The smallest absolute Gasteiger partial charge is 0.300 e. The lowest BCUT2D eigenvalue weighted by molar-refractivity contribution is -0.134. The van der Waals surface area contributed by atoms with E-state index in [0.29, 0.717) is 10.9 Å². The third kappa shape index (κ3) is 3.11. The minimum Gasteiger partial charge on any atom is -0.504 e. The zero-order valence-electron chi connectivity index (χ0n) is 9.64. The maximum atomic E-state index is 9.59. The number of phenols is 2. The van der Waals surface area contributed by atoms with Gasteiger partial charge >= 0.3 is 0 Å². The molecular weight excluding hydrogens is 220 g/mol. The van der Waals surface area contributed by atoms with E-state index in [2.05, 4.69) is 0 Å². The Kier molecular flexibility index (Phi) is 3.93. The maximum absolute atomic E-state index is 9.59. The van der Waals surface area contributed by atoms with Crippen molar-refractivity contribution in [2.45, 2.75) is 13.8 Å². The summed E-state index contributed by atoms with van der Waals surface area (Å²) in [5.74, 6) is -0.894. The van der Waals surface area contributed by atoms with Gasteiger partial charge in [-0.15, -0.1) is 0 Å². The van der Waals surface area contributed by atoms with Gasteiger partial charge in [0.15, 0.2) is 11.5 Å². The van der Waals surface area contributed by atoms with E-state index >= 15 is 0 Å². The molecule has 0 saturated carbocycles. The number of benzene rings is 2. The van der Waals surface area contributed by atoms with Gasteiger partial charge in [-0.05, 0) is 23.9 Å². The minimum atomic E-state index is -0.833. The number of fused-ring (bicyclic) bond motifs is 1. The van der Waals surface area contributed by atoms with Crippen LogP contribution in [0.25, 0.3) is 10.8 Å². The van der Waals surface area contributed by atoms with Gasteiger partial charge in [0.25, 0.3) is 5.97 Å². The molecule has 0 aliphatic heterocycles. The number of rotatable bonds is 0. The van der Waals surface area contributed by atoms with Crippen LogP contribution in [-0.4, -0.2) is 21.3 Å². The normalized spacial score (nSPS) is 9.53. The van der Waals surface area contributed by atoms with Crippen LogP contribution in [0.2, 0.25) is 0 Å². The van der Waals surface area contributed by atoms with Crippen LogP contribution in [-0.2, 0) is 4.79 Å². The molecule has 0 aromatic heterocycles. The Hall–Kier alpha value is -2.23. The molecule has 3 N–H and O–H groups in total. The van der Waals surface area contributed by atoms with Crippen molar-refractivity contribution in [2.24, 2.45) is 0 Å². The first-order valence-electron chi connectivity index (χ1n) is 5.03.